The number of benzene rings is 2. The molecule has 9 heteroatoms. The fourth-order valence-electron chi connectivity index (χ4n) is 3.21. The van der Waals surface area contributed by atoms with Crippen LogP contribution >= 0.6 is 11.8 Å². The molecule has 29 heavy (non-hydrogen) atoms. The number of ether oxygens (including phenoxy) is 1. The van der Waals surface area contributed by atoms with Crippen LogP contribution in [0.4, 0.5) is 11.4 Å². The van der Waals surface area contributed by atoms with E-state index in [0.717, 1.165) is 5.69 Å². The minimum absolute atomic E-state index is 0.0376. The fourth-order valence-corrected chi connectivity index (χ4v) is 4.06. The van der Waals surface area contributed by atoms with Crippen molar-refractivity contribution in [3.05, 3.63) is 54.6 Å². The standard InChI is InChI=1S/C20H21N5O3S/c1-28-15-9-5-6-13(10-15)22-17(26)12-29-20-23-18-16(11-21-24-18)19(27)25(20)14-7-3-2-4-8-14/h2-10,16,18,21,24H,11-12H2,1H3,(H,22,26). The molecule has 0 aromatic heterocycles. The summed E-state index contributed by atoms with van der Waals surface area (Å²) in [5.74, 6) is 0.289. The minimum atomic E-state index is -0.327. The molecule has 0 aliphatic carbocycles. The van der Waals surface area contributed by atoms with Gasteiger partial charge in [-0.2, -0.15) is 0 Å². The second-order valence-electron chi connectivity index (χ2n) is 6.57. The Balaban J connectivity index is 1.49. The van der Waals surface area contributed by atoms with Crippen LogP contribution in [-0.2, 0) is 9.59 Å². The van der Waals surface area contributed by atoms with Crippen LogP contribution in [0.1, 0.15) is 0 Å². The largest absolute Gasteiger partial charge is 0.497 e. The van der Waals surface area contributed by atoms with Gasteiger partial charge in [-0.25, -0.2) is 10.4 Å². The van der Waals surface area contributed by atoms with Crippen LogP contribution < -0.4 is 25.8 Å². The van der Waals surface area contributed by atoms with Crippen LogP contribution in [0.25, 0.3) is 0 Å². The van der Waals surface area contributed by atoms with Gasteiger partial charge < -0.3 is 10.1 Å². The first-order chi connectivity index (χ1) is 14.2. The Morgan fingerprint density at radius 3 is 2.90 bits per heavy atom. The number of para-hydroxylation sites is 1. The molecule has 2 aliphatic heterocycles. The molecule has 2 heterocycles. The molecular weight excluding hydrogens is 390 g/mol. The SMILES string of the molecule is COc1cccc(NC(=O)CSC2=NC3NNCC3C(=O)N2c2ccccc2)c1. The third-order valence-corrected chi connectivity index (χ3v) is 5.58. The average molecular weight is 411 g/mol. The Kier molecular flexibility index (Phi) is 5.79. The number of amidine groups is 1. The molecule has 0 spiro atoms. The molecule has 2 aromatic carbocycles. The maximum Gasteiger partial charge on any atom is 0.241 e. The zero-order valence-electron chi connectivity index (χ0n) is 15.8. The summed E-state index contributed by atoms with van der Waals surface area (Å²) >= 11 is 1.23. The van der Waals surface area contributed by atoms with Crippen LogP contribution in [-0.4, -0.2) is 42.6 Å². The maximum absolute atomic E-state index is 13.1. The summed E-state index contributed by atoms with van der Waals surface area (Å²) in [6.07, 6.45) is -0.327. The summed E-state index contributed by atoms with van der Waals surface area (Å²) in [6.45, 7) is 0.518. The Morgan fingerprint density at radius 1 is 1.28 bits per heavy atom. The van der Waals surface area contributed by atoms with Crippen molar-refractivity contribution in [2.24, 2.45) is 10.9 Å². The first kappa shape index (κ1) is 19.4. The number of hydrogen-bond donors (Lipinski definition) is 3. The average Bonchev–Trinajstić information content (AvgIpc) is 3.22. The summed E-state index contributed by atoms with van der Waals surface area (Å²) in [5.41, 5.74) is 7.40. The fraction of sp³-hybridized carbons (Fsp3) is 0.250. The number of hydrogen-bond acceptors (Lipinski definition) is 7. The van der Waals surface area contributed by atoms with Crippen molar-refractivity contribution in [3.63, 3.8) is 0 Å². The lowest BCUT2D eigenvalue weighted by atomic mass is 10.1. The highest BCUT2D eigenvalue weighted by Crippen LogP contribution is 2.29. The number of carbonyl (C=O) groups is 2. The molecule has 1 saturated heterocycles. The summed E-state index contributed by atoms with van der Waals surface area (Å²) in [7, 11) is 1.58. The number of aliphatic imine (C=N–C) groups is 1. The number of fused-ring (bicyclic) bond motifs is 1. The Morgan fingerprint density at radius 2 is 2.10 bits per heavy atom. The highest BCUT2D eigenvalue weighted by atomic mass is 32.2. The van der Waals surface area contributed by atoms with Crippen molar-refractivity contribution in [1.82, 2.24) is 10.9 Å². The van der Waals surface area contributed by atoms with Crippen molar-refractivity contribution < 1.29 is 14.3 Å². The Bertz CT molecular complexity index is 937. The maximum atomic E-state index is 13.1. The lowest BCUT2D eigenvalue weighted by molar-refractivity contribution is -0.121. The van der Waals surface area contributed by atoms with E-state index >= 15 is 0 Å². The minimum Gasteiger partial charge on any atom is -0.497 e. The molecule has 2 amide bonds. The molecular formula is C20H21N5O3S. The smallest absolute Gasteiger partial charge is 0.241 e. The van der Waals surface area contributed by atoms with Gasteiger partial charge >= 0.3 is 0 Å². The van der Waals surface area contributed by atoms with Gasteiger partial charge in [0, 0.05) is 18.3 Å². The number of nitrogens with one attached hydrogen (secondary N) is 3. The molecule has 3 N–H and O–H groups in total. The van der Waals surface area contributed by atoms with Crippen molar-refractivity contribution >= 4 is 40.1 Å². The summed E-state index contributed by atoms with van der Waals surface area (Å²) in [5, 5.41) is 3.34. The molecule has 2 aromatic rings. The number of thioether (sulfide) groups is 1. The number of nitrogens with zero attached hydrogens (tertiary/aromatic N) is 2. The number of amides is 2. The lowest BCUT2D eigenvalue weighted by Crippen LogP contribution is -2.49. The van der Waals surface area contributed by atoms with E-state index in [1.165, 1.54) is 11.8 Å². The van der Waals surface area contributed by atoms with Crippen molar-refractivity contribution in [1.29, 1.82) is 0 Å². The van der Waals surface area contributed by atoms with Crippen LogP contribution in [0.5, 0.6) is 5.75 Å². The molecule has 4 rings (SSSR count). The zero-order chi connectivity index (χ0) is 20.2. The van der Waals surface area contributed by atoms with E-state index in [9.17, 15) is 9.59 Å². The van der Waals surface area contributed by atoms with Crippen LogP contribution in [0, 0.1) is 5.92 Å². The summed E-state index contributed by atoms with van der Waals surface area (Å²) in [6, 6.07) is 16.5. The van der Waals surface area contributed by atoms with E-state index in [2.05, 4.69) is 21.2 Å². The molecule has 150 valence electrons. The monoisotopic (exact) mass is 411 g/mol. The quantitative estimate of drug-likeness (QED) is 0.695. The molecule has 2 atom stereocenters. The lowest BCUT2D eigenvalue weighted by Gasteiger charge is -2.32. The van der Waals surface area contributed by atoms with E-state index in [1.807, 2.05) is 42.5 Å². The predicted octanol–water partition coefficient (Wildman–Crippen LogP) is 1.82. The van der Waals surface area contributed by atoms with Gasteiger partial charge in [0.05, 0.1) is 24.5 Å². The van der Waals surface area contributed by atoms with E-state index in [4.69, 9.17) is 4.74 Å². The molecule has 0 saturated carbocycles. The predicted molar refractivity (Wildman–Crippen MR) is 114 cm³/mol. The molecule has 0 bridgehead atoms. The van der Waals surface area contributed by atoms with Gasteiger partial charge in [0.2, 0.25) is 11.8 Å². The third kappa shape index (κ3) is 4.26. The third-order valence-electron chi connectivity index (χ3n) is 4.63. The molecule has 8 nitrogen and oxygen atoms in total. The molecule has 0 radical (unpaired) electrons. The topological polar surface area (TPSA) is 95.1 Å². The number of carbonyl (C=O) groups excluding carboxylic acids is 2. The summed E-state index contributed by atoms with van der Waals surface area (Å²) < 4.78 is 5.17. The van der Waals surface area contributed by atoms with Crippen LogP contribution in [0.3, 0.4) is 0 Å². The zero-order valence-corrected chi connectivity index (χ0v) is 16.6. The van der Waals surface area contributed by atoms with Gasteiger partial charge in [-0.05, 0) is 24.3 Å². The Labute approximate surface area is 172 Å². The molecule has 2 unspecified atom stereocenters. The van der Waals surface area contributed by atoms with E-state index in [-0.39, 0.29) is 29.7 Å². The van der Waals surface area contributed by atoms with E-state index in [1.54, 1.807) is 24.1 Å². The second-order valence-corrected chi connectivity index (χ2v) is 7.51. The Hall–Kier alpha value is -2.88. The first-order valence-electron chi connectivity index (χ1n) is 9.17. The summed E-state index contributed by atoms with van der Waals surface area (Å²) in [4.78, 5) is 31.8. The van der Waals surface area contributed by atoms with Gasteiger partial charge in [-0.1, -0.05) is 36.0 Å². The van der Waals surface area contributed by atoms with Crippen LogP contribution in [0.2, 0.25) is 0 Å². The van der Waals surface area contributed by atoms with Gasteiger partial charge in [0.1, 0.15) is 11.9 Å². The number of rotatable bonds is 5. The number of hydrazine groups is 1. The van der Waals surface area contributed by atoms with Gasteiger partial charge in [-0.15, -0.1) is 0 Å². The molecule has 2 aliphatic rings. The normalized spacial score (nSPS) is 20.8. The van der Waals surface area contributed by atoms with Crippen LogP contribution in [0.15, 0.2) is 59.6 Å². The van der Waals surface area contributed by atoms with Crippen molar-refractivity contribution in [2.45, 2.75) is 6.17 Å². The molecule has 1 fully saturated rings. The van der Waals surface area contributed by atoms with Crippen molar-refractivity contribution in [2.75, 3.05) is 29.6 Å². The van der Waals surface area contributed by atoms with E-state index in [0.29, 0.717) is 23.1 Å². The van der Waals surface area contributed by atoms with Crippen molar-refractivity contribution in [3.8, 4) is 5.75 Å². The highest BCUT2D eigenvalue weighted by molar-refractivity contribution is 8.14. The number of anilines is 2. The highest BCUT2D eigenvalue weighted by Gasteiger charge is 2.42. The van der Waals surface area contributed by atoms with Gasteiger partial charge in [0.25, 0.3) is 0 Å². The van der Waals surface area contributed by atoms with Gasteiger partial charge in [0.15, 0.2) is 5.17 Å². The van der Waals surface area contributed by atoms with E-state index < -0.39 is 0 Å². The first-order valence-corrected chi connectivity index (χ1v) is 10.2. The van der Waals surface area contributed by atoms with Gasteiger partial charge in [-0.3, -0.25) is 19.9 Å². The number of methoxy groups -OCH3 is 1. The second kappa shape index (κ2) is 8.64.